The second kappa shape index (κ2) is 19.9. The molecule has 2 unspecified atom stereocenters. The molecule has 0 aliphatic carbocycles. The lowest BCUT2D eigenvalue weighted by Crippen LogP contribution is -2.25. The van der Waals surface area contributed by atoms with Crippen molar-refractivity contribution in [2.45, 2.75) is 107 Å². The Morgan fingerprint density at radius 2 is 0.848 bits per heavy atom. The zero-order valence-corrected chi connectivity index (χ0v) is 30.4. The molecule has 0 saturated heterocycles. The largest absolute Gasteiger partial charge is 0.341 e. The van der Waals surface area contributed by atoms with Crippen molar-refractivity contribution in [1.29, 1.82) is 0 Å². The molecule has 0 aliphatic heterocycles. The molecule has 46 heavy (non-hydrogen) atoms. The number of rotatable bonds is 16. The van der Waals surface area contributed by atoms with Crippen LogP contribution in [0.1, 0.15) is 101 Å². The van der Waals surface area contributed by atoms with Crippen molar-refractivity contribution in [1.82, 2.24) is 0 Å². The first-order valence-electron chi connectivity index (χ1n) is 18.1. The van der Waals surface area contributed by atoms with Gasteiger partial charge >= 0.3 is 0 Å². The topological polar surface area (TPSA) is 6.48 Å². The van der Waals surface area contributed by atoms with Crippen molar-refractivity contribution < 1.29 is 0 Å². The molecular weight excluding hydrogens is 556 g/mol. The Morgan fingerprint density at radius 3 is 1.15 bits per heavy atom. The van der Waals surface area contributed by atoms with Gasteiger partial charge in [0.25, 0.3) is 0 Å². The number of anilines is 4. The van der Waals surface area contributed by atoms with Crippen LogP contribution in [0, 0.1) is 39.5 Å². The molecule has 0 aliphatic rings. The van der Waals surface area contributed by atoms with Gasteiger partial charge in [-0.1, -0.05) is 138 Å². The molecule has 4 rings (SSSR count). The molecule has 2 atom stereocenters. The Morgan fingerprint density at radius 1 is 0.478 bits per heavy atom. The van der Waals surface area contributed by atoms with E-state index in [9.17, 15) is 0 Å². The van der Waals surface area contributed by atoms with Gasteiger partial charge in [-0.05, 0) is 99.9 Å². The summed E-state index contributed by atoms with van der Waals surface area (Å²) in [6.45, 7) is 20.2. The van der Waals surface area contributed by atoms with Crippen molar-refractivity contribution >= 4 is 22.7 Å². The Labute approximate surface area is 282 Å². The highest BCUT2D eigenvalue weighted by atomic mass is 15.1. The third-order valence-corrected chi connectivity index (χ3v) is 9.39. The van der Waals surface area contributed by atoms with Gasteiger partial charge < -0.3 is 9.80 Å². The van der Waals surface area contributed by atoms with Crippen LogP contribution in [0.4, 0.5) is 22.7 Å². The van der Waals surface area contributed by atoms with E-state index in [1.165, 1.54) is 96.4 Å². The Balaban J connectivity index is 0.000000250. The summed E-state index contributed by atoms with van der Waals surface area (Å²) in [6, 6.07) is 35.3. The molecule has 0 aromatic heterocycles. The number of para-hydroxylation sites is 2. The summed E-state index contributed by atoms with van der Waals surface area (Å²) in [4.78, 5) is 5.03. The maximum absolute atomic E-state index is 2.51. The van der Waals surface area contributed by atoms with Crippen molar-refractivity contribution in [2.75, 3.05) is 22.9 Å². The minimum atomic E-state index is 0.746. The van der Waals surface area contributed by atoms with Gasteiger partial charge in [0.2, 0.25) is 0 Å². The number of hydrogen-bond donors (Lipinski definition) is 0. The quantitative estimate of drug-likeness (QED) is 0.123. The van der Waals surface area contributed by atoms with Crippen LogP contribution in [0.2, 0.25) is 0 Å². The van der Waals surface area contributed by atoms with E-state index in [1.54, 1.807) is 0 Å². The van der Waals surface area contributed by atoms with Gasteiger partial charge in [0.05, 0.1) is 0 Å². The second-order valence-electron chi connectivity index (χ2n) is 13.3. The van der Waals surface area contributed by atoms with Crippen molar-refractivity contribution in [3.05, 3.63) is 119 Å². The predicted octanol–water partition coefficient (Wildman–Crippen LogP) is 13.3. The first-order chi connectivity index (χ1) is 22.3. The van der Waals surface area contributed by atoms with Crippen LogP contribution < -0.4 is 9.80 Å². The Hall–Kier alpha value is -3.52. The monoisotopic (exact) mass is 618 g/mol. The highest BCUT2D eigenvalue weighted by molar-refractivity contribution is 5.67. The van der Waals surface area contributed by atoms with E-state index in [-0.39, 0.29) is 0 Å². The number of aryl methyl sites for hydroxylation is 4. The van der Waals surface area contributed by atoms with Gasteiger partial charge in [-0.25, -0.2) is 0 Å². The van der Waals surface area contributed by atoms with Crippen LogP contribution >= 0.6 is 0 Å². The molecule has 0 bridgehead atoms. The van der Waals surface area contributed by atoms with Gasteiger partial charge in [-0.2, -0.15) is 0 Å². The molecular formula is C44H62N2. The zero-order valence-electron chi connectivity index (χ0n) is 30.4. The Bertz CT molecular complexity index is 1290. The minimum absolute atomic E-state index is 0.746. The predicted molar refractivity (Wildman–Crippen MR) is 205 cm³/mol. The highest BCUT2D eigenvalue weighted by Gasteiger charge is 2.18. The minimum Gasteiger partial charge on any atom is -0.341 e. The van der Waals surface area contributed by atoms with E-state index in [4.69, 9.17) is 0 Å². The molecule has 0 radical (unpaired) electrons. The van der Waals surface area contributed by atoms with Crippen LogP contribution in [0.5, 0.6) is 0 Å². The maximum Gasteiger partial charge on any atom is 0.0440 e. The molecule has 0 saturated carbocycles. The molecule has 0 spiro atoms. The fourth-order valence-electron chi connectivity index (χ4n) is 6.47. The fourth-order valence-corrected chi connectivity index (χ4v) is 6.47. The maximum atomic E-state index is 2.51. The smallest absolute Gasteiger partial charge is 0.0440 e. The number of unbranched alkanes of at least 4 members (excludes halogenated alkanes) is 2. The van der Waals surface area contributed by atoms with Crippen LogP contribution in [0.25, 0.3) is 0 Å². The zero-order chi connectivity index (χ0) is 33.3. The summed E-state index contributed by atoms with van der Waals surface area (Å²) in [7, 11) is 0. The van der Waals surface area contributed by atoms with E-state index in [1.807, 2.05) is 0 Å². The molecule has 248 valence electrons. The van der Waals surface area contributed by atoms with Gasteiger partial charge in [0.1, 0.15) is 0 Å². The summed E-state index contributed by atoms with van der Waals surface area (Å²) in [5.41, 5.74) is 10.7. The van der Waals surface area contributed by atoms with Crippen LogP contribution in [-0.2, 0) is 0 Å². The molecule has 0 heterocycles. The normalized spacial score (nSPS) is 12.2. The second-order valence-corrected chi connectivity index (χ2v) is 13.3. The SMILES string of the molecule is CCCCC(CC)CN(c1ccccc1)c1ccc(C)cc1C.CCCCC(CC)CN(c1ccccc1)c1ccc(C)cc1C. The van der Waals surface area contributed by atoms with Crippen LogP contribution in [0.3, 0.4) is 0 Å². The highest BCUT2D eigenvalue weighted by Crippen LogP contribution is 2.33. The Kier molecular flexibility index (Phi) is 16.0. The van der Waals surface area contributed by atoms with Gasteiger partial charge in [0.15, 0.2) is 0 Å². The summed E-state index contributed by atoms with van der Waals surface area (Å²) >= 11 is 0. The summed E-state index contributed by atoms with van der Waals surface area (Å²) in [6.07, 6.45) is 10.4. The average molecular weight is 619 g/mol. The van der Waals surface area contributed by atoms with Gasteiger partial charge in [0, 0.05) is 35.8 Å². The lowest BCUT2D eigenvalue weighted by molar-refractivity contribution is 0.458. The van der Waals surface area contributed by atoms with Gasteiger partial charge in [-0.15, -0.1) is 0 Å². The van der Waals surface area contributed by atoms with Crippen LogP contribution in [0.15, 0.2) is 97.1 Å². The number of nitrogens with zero attached hydrogens (tertiary/aromatic N) is 2. The van der Waals surface area contributed by atoms with E-state index in [2.05, 4.69) is 162 Å². The van der Waals surface area contributed by atoms with Crippen LogP contribution in [-0.4, -0.2) is 13.1 Å². The lowest BCUT2D eigenvalue weighted by atomic mass is 9.97. The molecule has 4 aromatic carbocycles. The standard InChI is InChI=1S/2C22H31N/c2*1-5-7-11-20(6-2)17-23(21-12-9-8-10-13-21)22-15-14-18(3)16-19(22)4/h2*8-10,12-16,20H,5-7,11,17H2,1-4H3. The van der Waals surface area contributed by atoms with E-state index < -0.39 is 0 Å². The molecule has 2 heteroatoms. The number of hydrogen-bond acceptors (Lipinski definition) is 2. The third kappa shape index (κ3) is 11.4. The molecule has 4 aromatic rings. The van der Waals surface area contributed by atoms with E-state index >= 15 is 0 Å². The molecule has 2 nitrogen and oxygen atoms in total. The molecule has 0 fully saturated rings. The average Bonchev–Trinajstić information content (AvgIpc) is 3.07. The molecule has 0 N–H and O–H groups in total. The van der Waals surface area contributed by atoms with Gasteiger partial charge in [-0.3, -0.25) is 0 Å². The molecule has 0 amide bonds. The third-order valence-electron chi connectivity index (χ3n) is 9.39. The fraction of sp³-hybridized carbons (Fsp3) is 0.455. The summed E-state index contributed by atoms with van der Waals surface area (Å²) in [5.74, 6) is 1.49. The van der Waals surface area contributed by atoms with Crippen molar-refractivity contribution in [3.63, 3.8) is 0 Å². The van der Waals surface area contributed by atoms with Crippen molar-refractivity contribution in [2.24, 2.45) is 11.8 Å². The van der Waals surface area contributed by atoms with E-state index in [0.717, 1.165) is 24.9 Å². The summed E-state index contributed by atoms with van der Waals surface area (Å²) in [5, 5.41) is 0. The first-order valence-corrected chi connectivity index (χ1v) is 18.1. The number of benzene rings is 4. The summed E-state index contributed by atoms with van der Waals surface area (Å²) < 4.78 is 0. The van der Waals surface area contributed by atoms with E-state index in [0.29, 0.717) is 0 Å². The first kappa shape index (κ1) is 36.9. The lowest BCUT2D eigenvalue weighted by Gasteiger charge is -2.31. The van der Waals surface area contributed by atoms with Crippen molar-refractivity contribution in [3.8, 4) is 0 Å².